The molecule has 4 aliphatic carbocycles. The number of benzene rings is 3. The highest BCUT2D eigenvalue weighted by molar-refractivity contribution is 7.51. The van der Waals surface area contributed by atoms with E-state index in [1.165, 1.54) is 11.1 Å². The topological polar surface area (TPSA) is 140 Å². The Morgan fingerprint density at radius 1 is 0.935 bits per heavy atom. The molecule has 9 nitrogen and oxygen atoms in total. The number of aliphatic hydroxyl groups is 1. The summed E-state index contributed by atoms with van der Waals surface area (Å²) in [5.74, 6) is 0.285. The lowest BCUT2D eigenvalue weighted by molar-refractivity contribution is -0.180. The van der Waals surface area contributed by atoms with Gasteiger partial charge >= 0.3 is 7.75 Å². The van der Waals surface area contributed by atoms with Crippen LogP contribution in [0.4, 0.5) is 0 Å². The van der Waals surface area contributed by atoms with Gasteiger partial charge in [0.25, 0.3) is 0 Å². The van der Waals surface area contributed by atoms with Crippen LogP contribution in [0.15, 0.2) is 72.8 Å². The van der Waals surface area contributed by atoms with Crippen LogP contribution in [0.2, 0.25) is 0 Å². The van der Waals surface area contributed by atoms with E-state index < -0.39 is 24.9 Å². The molecule has 0 amide bonds. The van der Waals surface area contributed by atoms with Gasteiger partial charge in [-0.2, -0.15) is 0 Å². The first-order valence-corrected chi connectivity index (χ1v) is 18.1. The van der Waals surface area contributed by atoms with E-state index in [0.717, 1.165) is 36.8 Å². The van der Waals surface area contributed by atoms with Crippen molar-refractivity contribution >= 4 is 13.5 Å². The van der Waals surface area contributed by atoms with Gasteiger partial charge in [0.15, 0.2) is 23.4 Å². The van der Waals surface area contributed by atoms with E-state index in [4.69, 9.17) is 19.5 Å². The van der Waals surface area contributed by atoms with E-state index in [1.54, 1.807) is 6.07 Å². The number of Topliss-reactive ketones (excluding diaryl/α,β-unsaturated/α-hetero) is 1. The monoisotopic (exact) mass is 644 g/mol. The van der Waals surface area contributed by atoms with Crippen LogP contribution in [0, 0.1) is 11.8 Å². The molecule has 3 aromatic carbocycles. The van der Waals surface area contributed by atoms with Gasteiger partial charge in [-0.3, -0.25) is 9.32 Å². The zero-order valence-corrected chi connectivity index (χ0v) is 26.7. The molecule has 5 aliphatic rings. The van der Waals surface area contributed by atoms with Gasteiger partial charge < -0.3 is 25.3 Å². The fourth-order valence-corrected chi connectivity index (χ4v) is 10.7. The Bertz CT molecular complexity index is 1650. The average Bonchev–Trinajstić information content (AvgIpc) is 3.46. The summed E-state index contributed by atoms with van der Waals surface area (Å²) in [5.41, 5.74) is 8.60. The largest absolute Gasteiger partial charge is 0.481 e. The van der Waals surface area contributed by atoms with E-state index >= 15 is 0 Å². The summed E-state index contributed by atoms with van der Waals surface area (Å²) in [4.78, 5) is 13.3. The number of nitrogens with one attached hydrogen (secondary N) is 1. The first kappa shape index (κ1) is 30.3. The van der Waals surface area contributed by atoms with Gasteiger partial charge in [-0.15, -0.1) is 0 Å². The van der Waals surface area contributed by atoms with Gasteiger partial charge in [-0.05, 0) is 80.0 Å². The zero-order chi connectivity index (χ0) is 31.7. The molecule has 6 unspecified atom stereocenters. The molecular formula is C36H41N2O7P. The summed E-state index contributed by atoms with van der Waals surface area (Å²) in [7, 11) is -4.24. The molecule has 2 bridgehead atoms. The van der Waals surface area contributed by atoms with E-state index in [1.807, 2.05) is 23.4 Å². The number of carbonyl (C=O) groups is 1. The van der Waals surface area contributed by atoms with E-state index in [2.05, 4.69) is 48.5 Å². The summed E-state index contributed by atoms with van der Waals surface area (Å²) < 4.78 is 32.0. The van der Waals surface area contributed by atoms with E-state index in [-0.39, 0.29) is 47.9 Å². The Kier molecular flexibility index (Phi) is 7.25. The molecule has 242 valence electrons. The van der Waals surface area contributed by atoms with Crippen LogP contribution < -0.4 is 20.2 Å². The Hall–Kier alpha value is -3.04. The molecule has 0 aromatic heterocycles. The first-order chi connectivity index (χ1) is 22.2. The molecule has 1 spiro atoms. The third-order valence-corrected chi connectivity index (χ3v) is 13.2. The lowest BCUT2D eigenvalue weighted by atomic mass is 9.45. The van der Waals surface area contributed by atoms with Crippen LogP contribution in [0.5, 0.6) is 11.5 Å². The minimum Gasteiger partial charge on any atom is -0.477 e. The Morgan fingerprint density at radius 3 is 2.26 bits per heavy atom. The van der Waals surface area contributed by atoms with Crippen molar-refractivity contribution in [2.75, 3.05) is 6.61 Å². The lowest BCUT2D eigenvalue weighted by Crippen LogP contribution is -2.73. The second-order valence-electron chi connectivity index (χ2n) is 14.0. The van der Waals surface area contributed by atoms with Gasteiger partial charge in [-0.25, -0.2) is 4.57 Å². The lowest BCUT2D eigenvalue weighted by Gasteiger charge is -2.61. The van der Waals surface area contributed by atoms with E-state index in [9.17, 15) is 19.7 Å². The molecule has 1 aliphatic heterocycles. The predicted molar refractivity (Wildman–Crippen MR) is 171 cm³/mol. The summed E-state index contributed by atoms with van der Waals surface area (Å²) >= 11 is 0. The first-order valence-electron chi connectivity index (χ1n) is 16.5. The highest BCUT2D eigenvalue weighted by Gasteiger charge is 2.73. The summed E-state index contributed by atoms with van der Waals surface area (Å²) in [5, 5.41) is 24.1. The van der Waals surface area contributed by atoms with Crippen molar-refractivity contribution in [1.82, 2.24) is 5.25 Å². The smallest absolute Gasteiger partial charge is 0.477 e. The molecule has 1 heterocycles. The van der Waals surface area contributed by atoms with Crippen molar-refractivity contribution in [2.45, 2.75) is 86.4 Å². The SMILES string of the molecule is NC1CCC23c4c5ccc(OP(=O)(NO)OCC6CCC(c7ccccc7)(c7ccccc7)CC6)c4OC2C(=O)CCC3(O)C1C5. The third kappa shape index (κ3) is 4.33. The Balaban J connectivity index is 1.02. The standard InChI is InChI=1S/C36H41N2O7P/c37-28-15-19-35-31-24-11-12-30(32(31)44-33(35)29(39)16-20-36(35,40)27(28)21-24)45-46(42,38-41)43-22-23-13-17-34(18-14-23,25-7-3-1-4-8-25)26-9-5-2-6-10-26/h1-12,23,27-28,33,40-41H,13-22,37H2,(H,38,42). The molecule has 6 atom stereocenters. The average molecular weight is 645 g/mol. The van der Waals surface area contributed by atoms with Crippen LogP contribution in [-0.2, 0) is 31.1 Å². The molecule has 8 rings (SSSR count). The van der Waals surface area contributed by atoms with Crippen LogP contribution in [0.3, 0.4) is 0 Å². The summed E-state index contributed by atoms with van der Waals surface area (Å²) in [6.07, 6.45) is 4.93. The quantitative estimate of drug-likeness (QED) is 0.179. The third-order valence-electron chi connectivity index (χ3n) is 12.0. The maximum absolute atomic E-state index is 13.8. The van der Waals surface area contributed by atoms with Crippen LogP contribution in [0.25, 0.3) is 0 Å². The van der Waals surface area contributed by atoms with Crippen molar-refractivity contribution in [3.05, 3.63) is 95.1 Å². The second kappa shape index (κ2) is 11.0. The maximum Gasteiger partial charge on any atom is 0.481 e. The maximum atomic E-state index is 13.8. The fourth-order valence-electron chi connectivity index (χ4n) is 9.75. The number of nitrogens with two attached hydrogens (primary N) is 1. The number of rotatable bonds is 8. The van der Waals surface area contributed by atoms with Gasteiger partial charge in [0.05, 0.1) is 17.6 Å². The van der Waals surface area contributed by atoms with Gasteiger partial charge in [0.2, 0.25) is 0 Å². The van der Waals surface area contributed by atoms with Crippen molar-refractivity contribution in [1.29, 1.82) is 0 Å². The van der Waals surface area contributed by atoms with Gasteiger partial charge in [0.1, 0.15) is 0 Å². The minimum atomic E-state index is -4.24. The van der Waals surface area contributed by atoms with E-state index in [0.29, 0.717) is 31.4 Å². The normalized spacial score (nSPS) is 32.2. The minimum absolute atomic E-state index is 0.0620. The number of ketones is 1. The number of hydrogen-bond acceptors (Lipinski definition) is 8. The molecule has 5 N–H and O–H groups in total. The predicted octanol–water partition coefficient (Wildman–Crippen LogP) is 5.73. The molecule has 0 saturated heterocycles. The molecule has 10 heteroatoms. The zero-order valence-electron chi connectivity index (χ0n) is 25.8. The van der Waals surface area contributed by atoms with Crippen molar-refractivity contribution in [3.8, 4) is 11.5 Å². The van der Waals surface area contributed by atoms with Crippen LogP contribution in [0.1, 0.15) is 73.6 Å². The fraction of sp³-hybridized carbons (Fsp3) is 0.472. The van der Waals surface area contributed by atoms with Crippen molar-refractivity contribution in [3.63, 3.8) is 0 Å². The Morgan fingerprint density at radius 2 is 1.61 bits per heavy atom. The Labute approximate surface area is 269 Å². The van der Waals surface area contributed by atoms with Crippen molar-refractivity contribution in [2.24, 2.45) is 17.6 Å². The van der Waals surface area contributed by atoms with Crippen LogP contribution in [-0.4, -0.2) is 40.5 Å². The number of carbonyl (C=O) groups excluding carboxylic acids is 1. The molecule has 46 heavy (non-hydrogen) atoms. The van der Waals surface area contributed by atoms with Gasteiger partial charge in [0, 0.05) is 29.4 Å². The molecule has 0 radical (unpaired) electrons. The molecule has 3 saturated carbocycles. The molecule has 3 fully saturated rings. The summed E-state index contributed by atoms with van der Waals surface area (Å²) in [6, 6.07) is 24.5. The number of hydrogen-bond donors (Lipinski definition) is 4. The highest BCUT2D eigenvalue weighted by atomic mass is 31.2. The van der Waals surface area contributed by atoms with Gasteiger partial charge in [-0.1, -0.05) is 72.0 Å². The summed E-state index contributed by atoms with van der Waals surface area (Å²) in [6.45, 7) is 0.135. The molecular weight excluding hydrogens is 603 g/mol. The van der Waals surface area contributed by atoms with Crippen molar-refractivity contribution < 1.29 is 33.5 Å². The number of ether oxygens (including phenoxy) is 1. The van der Waals surface area contributed by atoms with Crippen LogP contribution >= 0.6 is 7.75 Å². The second-order valence-corrected chi connectivity index (χ2v) is 15.7. The highest BCUT2D eigenvalue weighted by Crippen LogP contribution is 2.67. The molecule has 3 aromatic rings.